The maximum Gasteiger partial charge on any atom is 0.223 e. The highest BCUT2D eigenvalue weighted by atomic mass is 16.5. The molecule has 7 heteroatoms. The van der Waals surface area contributed by atoms with E-state index in [0.29, 0.717) is 6.42 Å². The van der Waals surface area contributed by atoms with Crippen molar-refractivity contribution >= 4 is 17.6 Å². The number of anilines is 1. The molecule has 0 radical (unpaired) electrons. The van der Waals surface area contributed by atoms with E-state index < -0.39 is 0 Å². The van der Waals surface area contributed by atoms with Gasteiger partial charge in [0.25, 0.3) is 0 Å². The number of aliphatic imine (C=N–C) groups is 1. The molecule has 1 amide bonds. The van der Waals surface area contributed by atoms with Crippen molar-refractivity contribution in [2.45, 2.75) is 25.9 Å². The van der Waals surface area contributed by atoms with Crippen molar-refractivity contribution in [2.24, 2.45) is 4.99 Å². The van der Waals surface area contributed by atoms with Crippen LogP contribution in [0.2, 0.25) is 0 Å². The number of fused-ring (bicyclic) bond motifs is 1. The standard InChI is InChI=1S/C25H33N5O2/c1-26-25(29-16-14-28(15-17-29)22-9-11-23(32-2)12-10-22)27-13-5-8-24(31)30-18-20-6-3-4-7-21(20)19-30/h3-4,6-7,9-12H,5,8,13-19H2,1-2H3,(H,26,27). The van der Waals surface area contributed by atoms with E-state index in [4.69, 9.17) is 4.74 Å². The quantitative estimate of drug-likeness (QED) is 0.430. The Kier molecular flexibility index (Phi) is 7.14. The first-order valence-corrected chi connectivity index (χ1v) is 11.4. The number of piperazine rings is 1. The van der Waals surface area contributed by atoms with Crippen LogP contribution in [0, 0.1) is 0 Å². The van der Waals surface area contributed by atoms with Gasteiger partial charge in [0.05, 0.1) is 7.11 Å². The Bertz CT molecular complexity index is 911. The molecular weight excluding hydrogens is 402 g/mol. The Hall–Kier alpha value is -3.22. The zero-order valence-electron chi connectivity index (χ0n) is 19.1. The Morgan fingerprint density at radius 2 is 1.62 bits per heavy atom. The van der Waals surface area contributed by atoms with Gasteiger partial charge < -0.3 is 24.8 Å². The van der Waals surface area contributed by atoms with Crippen molar-refractivity contribution in [3.05, 3.63) is 59.7 Å². The molecular formula is C25H33N5O2. The number of guanidine groups is 1. The van der Waals surface area contributed by atoms with Crippen molar-refractivity contribution in [3.8, 4) is 5.75 Å². The lowest BCUT2D eigenvalue weighted by Crippen LogP contribution is -2.52. The number of rotatable bonds is 6. The Morgan fingerprint density at radius 3 is 2.22 bits per heavy atom. The Morgan fingerprint density at radius 1 is 0.969 bits per heavy atom. The number of methoxy groups -OCH3 is 1. The minimum absolute atomic E-state index is 0.228. The fourth-order valence-electron chi connectivity index (χ4n) is 4.41. The van der Waals surface area contributed by atoms with Gasteiger partial charge in [-0.3, -0.25) is 9.79 Å². The zero-order valence-corrected chi connectivity index (χ0v) is 19.1. The van der Waals surface area contributed by atoms with E-state index in [9.17, 15) is 4.79 Å². The van der Waals surface area contributed by atoms with Gasteiger partial charge in [-0.15, -0.1) is 0 Å². The second-order valence-corrected chi connectivity index (χ2v) is 8.27. The van der Waals surface area contributed by atoms with Gasteiger partial charge in [0.2, 0.25) is 5.91 Å². The van der Waals surface area contributed by atoms with Crippen LogP contribution in [0.5, 0.6) is 5.75 Å². The first-order valence-electron chi connectivity index (χ1n) is 11.4. The molecule has 0 bridgehead atoms. The van der Waals surface area contributed by atoms with Crippen molar-refractivity contribution in [3.63, 3.8) is 0 Å². The number of nitrogens with zero attached hydrogens (tertiary/aromatic N) is 4. The molecule has 4 rings (SSSR count). The average Bonchev–Trinajstić information content (AvgIpc) is 3.29. The van der Waals surface area contributed by atoms with Crippen molar-refractivity contribution in [1.82, 2.24) is 15.1 Å². The minimum atomic E-state index is 0.228. The summed E-state index contributed by atoms with van der Waals surface area (Å²) < 4.78 is 5.25. The van der Waals surface area contributed by atoms with E-state index in [1.165, 1.54) is 16.8 Å². The normalized spacial score (nSPS) is 16.2. The molecule has 1 N–H and O–H groups in total. The number of amides is 1. The van der Waals surface area contributed by atoms with Crippen LogP contribution in [0.3, 0.4) is 0 Å². The molecule has 0 unspecified atom stereocenters. The minimum Gasteiger partial charge on any atom is -0.497 e. The van der Waals surface area contributed by atoms with Crippen LogP contribution in [0.4, 0.5) is 5.69 Å². The Labute approximate surface area is 190 Å². The molecule has 0 aromatic heterocycles. The van der Waals surface area contributed by atoms with Crippen LogP contribution in [0.15, 0.2) is 53.5 Å². The van der Waals surface area contributed by atoms with Crippen LogP contribution < -0.4 is 15.0 Å². The molecule has 1 fully saturated rings. The lowest BCUT2D eigenvalue weighted by Gasteiger charge is -2.37. The van der Waals surface area contributed by atoms with E-state index in [1.807, 2.05) is 36.2 Å². The molecule has 7 nitrogen and oxygen atoms in total. The highest BCUT2D eigenvalue weighted by Gasteiger charge is 2.23. The number of hydrogen-bond acceptors (Lipinski definition) is 4. The summed E-state index contributed by atoms with van der Waals surface area (Å²) in [4.78, 5) is 23.7. The zero-order chi connectivity index (χ0) is 22.3. The maximum atomic E-state index is 12.6. The highest BCUT2D eigenvalue weighted by Crippen LogP contribution is 2.23. The second kappa shape index (κ2) is 10.4. The SMILES string of the molecule is CN=C(NCCCC(=O)N1Cc2ccccc2C1)N1CCN(c2ccc(OC)cc2)CC1. The van der Waals surface area contributed by atoms with E-state index >= 15 is 0 Å². The largest absolute Gasteiger partial charge is 0.497 e. The number of carbonyl (C=O) groups excluding carboxylic acids is 1. The predicted molar refractivity (Wildman–Crippen MR) is 128 cm³/mol. The van der Waals surface area contributed by atoms with Gasteiger partial charge in [0.15, 0.2) is 5.96 Å². The first kappa shape index (κ1) is 22.0. The average molecular weight is 436 g/mol. The lowest BCUT2D eigenvalue weighted by atomic mass is 10.1. The Balaban J connectivity index is 1.17. The van der Waals surface area contributed by atoms with Gasteiger partial charge in [0, 0.05) is 65.0 Å². The van der Waals surface area contributed by atoms with Crippen LogP contribution in [-0.4, -0.2) is 68.5 Å². The summed E-state index contributed by atoms with van der Waals surface area (Å²) >= 11 is 0. The van der Waals surface area contributed by atoms with E-state index in [2.05, 4.69) is 44.4 Å². The summed E-state index contributed by atoms with van der Waals surface area (Å²) in [6.45, 7) is 5.94. The fourth-order valence-corrected chi connectivity index (χ4v) is 4.41. The summed E-state index contributed by atoms with van der Waals surface area (Å²) in [5.41, 5.74) is 3.76. The molecule has 2 aromatic rings. The third-order valence-corrected chi connectivity index (χ3v) is 6.27. The molecule has 2 aromatic carbocycles. The molecule has 1 saturated heterocycles. The third kappa shape index (κ3) is 5.15. The molecule has 2 heterocycles. The van der Waals surface area contributed by atoms with Gasteiger partial charge in [0.1, 0.15) is 5.75 Å². The number of carbonyl (C=O) groups is 1. The van der Waals surface area contributed by atoms with Crippen molar-refractivity contribution in [2.75, 3.05) is 51.8 Å². The van der Waals surface area contributed by atoms with Crippen LogP contribution in [0.25, 0.3) is 0 Å². The third-order valence-electron chi connectivity index (χ3n) is 6.27. The summed E-state index contributed by atoms with van der Waals surface area (Å²) in [5, 5.41) is 3.44. The topological polar surface area (TPSA) is 60.4 Å². The molecule has 0 aliphatic carbocycles. The van der Waals surface area contributed by atoms with E-state index in [0.717, 1.165) is 63.9 Å². The number of benzene rings is 2. The van der Waals surface area contributed by atoms with Gasteiger partial charge >= 0.3 is 0 Å². The van der Waals surface area contributed by atoms with Gasteiger partial charge in [-0.2, -0.15) is 0 Å². The predicted octanol–water partition coefficient (Wildman–Crippen LogP) is 2.72. The monoisotopic (exact) mass is 435 g/mol. The summed E-state index contributed by atoms with van der Waals surface area (Å²) in [7, 11) is 3.51. The molecule has 0 atom stereocenters. The molecule has 170 valence electrons. The van der Waals surface area contributed by atoms with E-state index in [-0.39, 0.29) is 5.91 Å². The first-order chi connectivity index (χ1) is 15.7. The second-order valence-electron chi connectivity index (χ2n) is 8.27. The molecule has 2 aliphatic heterocycles. The number of nitrogens with one attached hydrogen (secondary N) is 1. The smallest absolute Gasteiger partial charge is 0.223 e. The number of ether oxygens (including phenoxy) is 1. The summed E-state index contributed by atoms with van der Waals surface area (Å²) in [6, 6.07) is 16.5. The molecule has 0 saturated carbocycles. The molecule has 32 heavy (non-hydrogen) atoms. The summed E-state index contributed by atoms with van der Waals surface area (Å²) in [5.74, 6) is 2.02. The van der Waals surface area contributed by atoms with Gasteiger partial charge in [-0.05, 0) is 41.8 Å². The molecule has 0 spiro atoms. The van der Waals surface area contributed by atoms with Gasteiger partial charge in [-0.1, -0.05) is 24.3 Å². The van der Waals surface area contributed by atoms with Gasteiger partial charge in [-0.25, -0.2) is 0 Å². The maximum absolute atomic E-state index is 12.6. The van der Waals surface area contributed by atoms with Crippen molar-refractivity contribution in [1.29, 1.82) is 0 Å². The molecule has 2 aliphatic rings. The fraction of sp³-hybridized carbons (Fsp3) is 0.440. The summed E-state index contributed by atoms with van der Waals surface area (Å²) in [6.07, 6.45) is 1.36. The lowest BCUT2D eigenvalue weighted by molar-refractivity contribution is -0.131. The van der Waals surface area contributed by atoms with E-state index in [1.54, 1.807) is 7.11 Å². The van der Waals surface area contributed by atoms with Crippen LogP contribution in [0.1, 0.15) is 24.0 Å². The van der Waals surface area contributed by atoms with Crippen LogP contribution in [-0.2, 0) is 17.9 Å². The highest BCUT2D eigenvalue weighted by molar-refractivity contribution is 5.80. The van der Waals surface area contributed by atoms with Crippen LogP contribution >= 0.6 is 0 Å². The number of hydrogen-bond donors (Lipinski definition) is 1. The van der Waals surface area contributed by atoms with Crippen molar-refractivity contribution < 1.29 is 9.53 Å².